The number of likely N-dealkylation sites (tertiary alicyclic amines) is 1. The highest BCUT2D eigenvalue weighted by molar-refractivity contribution is 5.34. The van der Waals surface area contributed by atoms with Crippen molar-refractivity contribution < 1.29 is 9.50 Å². The molecule has 1 aromatic carbocycles. The molecule has 1 aliphatic rings. The molecule has 2 atom stereocenters. The minimum Gasteiger partial charge on any atom is -0.508 e. The van der Waals surface area contributed by atoms with E-state index in [1.54, 1.807) is 0 Å². The van der Waals surface area contributed by atoms with Crippen LogP contribution in [0.2, 0.25) is 0 Å². The maximum absolute atomic E-state index is 13.3. The fourth-order valence-electron chi connectivity index (χ4n) is 2.79. The third kappa shape index (κ3) is 3.67. The van der Waals surface area contributed by atoms with E-state index < -0.39 is 0 Å². The quantitative estimate of drug-likeness (QED) is 0.879. The lowest BCUT2D eigenvalue weighted by atomic mass is 10.0. The standard InChI is InChI=1S/C15H23FN2O/c1-3-18-8-4-5-13(10-18)17-11(2)14-9-12(16)6-7-15(14)19/h6-7,9,11,13,17,19H,3-5,8,10H2,1-2H3. The van der Waals surface area contributed by atoms with E-state index >= 15 is 0 Å². The normalized spacial score (nSPS) is 22.4. The van der Waals surface area contributed by atoms with Gasteiger partial charge in [-0.15, -0.1) is 0 Å². The molecule has 19 heavy (non-hydrogen) atoms. The fraction of sp³-hybridized carbons (Fsp3) is 0.600. The molecule has 1 saturated heterocycles. The number of hydrogen-bond acceptors (Lipinski definition) is 3. The van der Waals surface area contributed by atoms with Crippen molar-refractivity contribution >= 4 is 0 Å². The first-order chi connectivity index (χ1) is 9.10. The SMILES string of the molecule is CCN1CCCC(NC(C)c2cc(F)ccc2O)C1. The molecule has 2 rings (SSSR count). The number of halogens is 1. The summed E-state index contributed by atoms with van der Waals surface area (Å²) in [5, 5.41) is 13.3. The number of hydrogen-bond donors (Lipinski definition) is 2. The molecule has 0 bridgehead atoms. The van der Waals surface area contributed by atoms with E-state index in [-0.39, 0.29) is 17.6 Å². The Bertz CT molecular complexity index is 425. The van der Waals surface area contributed by atoms with E-state index in [9.17, 15) is 9.50 Å². The number of aromatic hydroxyl groups is 1. The Labute approximate surface area is 114 Å². The Morgan fingerprint density at radius 1 is 1.53 bits per heavy atom. The predicted octanol–water partition coefficient (Wildman–Crippen LogP) is 2.67. The lowest BCUT2D eigenvalue weighted by Crippen LogP contribution is -2.46. The van der Waals surface area contributed by atoms with Crippen LogP contribution in [0.1, 0.15) is 38.3 Å². The number of phenolic OH excluding ortho intramolecular Hbond substituents is 1. The average molecular weight is 266 g/mol. The number of likely N-dealkylation sites (N-methyl/N-ethyl adjacent to an activating group) is 1. The minimum absolute atomic E-state index is 0.0440. The van der Waals surface area contributed by atoms with Crippen LogP contribution in [0.5, 0.6) is 5.75 Å². The average Bonchev–Trinajstić information content (AvgIpc) is 2.41. The van der Waals surface area contributed by atoms with Gasteiger partial charge in [-0.25, -0.2) is 4.39 Å². The van der Waals surface area contributed by atoms with Gasteiger partial charge in [-0.1, -0.05) is 6.92 Å². The van der Waals surface area contributed by atoms with Crippen LogP contribution >= 0.6 is 0 Å². The molecule has 0 spiro atoms. The maximum atomic E-state index is 13.3. The molecule has 2 N–H and O–H groups in total. The summed E-state index contributed by atoms with van der Waals surface area (Å²) >= 11 is 0. The summed E-state index contributed by atoms with van der Waals surface area (Å²) in [4.78, 5) is 2.42. The van der Waals surface area contributed by atoms with E-state index in [1.807, 2.05) is 6.92 Å². The number of piperidine rings is 1. The minimum atomic E-state index is -0.305. The van der Waals surface area contributed by atoms with Crippen LogP contribution < -0.4 is 5.32 Å². The Morgan fingerprint density at radius 3 is 3.05 bits per heavy atom. The first-order valence-corrected chi connectivity index (χ1v) is 7.07. The maximum Gasteiger partial charge on any atom is 0.123 e. The Balaban J connectivity index is 2.00. The van der Waals surface area contributed by atoms with Gasteiger partial charge in [0.2, 0.25) is 0 Å². The van der Waals surface area contributed by atoms with Crippen LogP contribution in [-0.4, -0.2) is 35.7 Å². The highest BCUT2D eigenvalue weighted by Gasteiger charge is 2.21. The van der Waals surface area contributed by atoms with Crippen molar-refractivity contribution in [1.29, 1.82) is 0 Å². The Kier molecular flexibility index (Phi) is 4.77. The molecule has 0 aromatic heterocycles. The van der Waals surface area contributed by atoms with Crippen LogP contribution in [-0.2, 0) is 0 Å². The number of nitrogens with zero attached hydrogens (tertiary/aromatic N) is 1. The molecule has 1 heterocycles. The number of rotatable bonds is 4. The smallest absolute Gasteiger partial charge is 0.123 e. The van der Waals surface area contributed by atoms with Crippen LogP contribution in [0.4, 0.5) is 4.39 Å². The Morgan fingerprint density at radius 2 is 2.32 bits per heavy atom. The number of benzene rings is 1. The zero-order valence-electron chi connectivity index (χ0n) is 11.7. The highest BCUT2D eigenvalue weighted by Crippen LogP contribution is 2.25. The molecule has 3 nitrogen and oxygen atoms in total. The summed E-state index contributed by atoms with van der Waals surface area (Å²) in [6.45, 7) is 7.40. The fourth-order valence-corrected chi connectivity index (χ4v) is 2.79. The largest absolute Gasteiger partial charge is 0.508 e. The van der Waals surface area contributed by atoms with Gasteiger partial charge >= 0.3 is 0 Å². The summed E-state index contributed by atoms with van der Waals surface area (Å²) < 4.78 is 13.3. The van der Waals surface area contributed by atoms with Crippen molar-refractivity contribution in [2.24, 2.45) is 0 Å². The first kappa shape index (κ1) is 14.3. The molecule has 2 unspecified atom stereocenters. The second kappa shape index (κ2) is 6.35. The van der Waals surface area contributed by atoms with Crippen LogP contribution in [0.15, 0.2) is 18.2 Å². The molecule has 0 amide bonds. The van der Waals surface area contributed by atoms with Gasteiger partial charge in [0, 0.05) is 24.2 Å². The summed E-state index contributed by atoms with van der Waals surface area (Å²) in [5.74, 6) is -0.148. The lowest BCUT2D eigenvalue weighted by molar-refractivity contribution is 0.191. The molecule has 4 heteroatoms. The lowest BCUT2D eigenvalue weighted by Gasteiger charge is -2.34. The number of phenols is 1. The van der Waals surface area contributed by atoms with Crippen molar-refractivity contribution in [2.75, 3.05) is 19.6 Å². The molecule has 0 aliphatic carbocycles. The van der Waals surface area contributed by atoms with E-state index in [4.69, 9.17) is 0 Å². The molecular formula is C15H23FN2O. The van der Waals surface area contributed by atoms with Crippen molar-refractivity contribution in [1.82, 2.24) is 10.2 Å². The van der Waals surface area contributed by atoms with Gasteiger partial charge in [-0.05, 0) is 51.1 Å². The van der Waals surface area contributed by atoms with Gasteiger partial charge in [-0.3, -0.25) is 0 Å². The third-order valence-corrected chi connectivity index (χ3v) is 3.89. The van der Waals surface area contributed by atoms with Gasteiger partial charge in [0.25, 0.3) is 0 Å². The molecule has 106 valence electrons. The third-order valence-electron chi connectivity index (χ3n) is 3.89. The highest BCUT2D eigenvalue weighted by atomic mass is 19.1. The monoisotopic (exact) mass is 266 g/mol. The van der Waals surface area contributed by atoms with Crippen molar-refractivity contribution in [2.45, 2.75) is 38.8 Å². The molecule has 1 aliphatic heterocycles. The zero-order valence-corrected chi connectivity index (χ0v) is 11.7. The molecule has 0 saturated carbocycles. The molecule has 1 fully saturated rings. The summed E-state index contributed by atoms with van der Waals surface area (Å²) in [5.41, 5.74) is 0.633. The van der Waals surface area contributed by atoms with E-state index in [2.05, 4.69) is 17.1 Å². The molecule has 0 radical (unpaired) electrons. The van der Waals surface area contributed by atoms with Crippen molar-refractivity contribution in [3.63, 3.8) is 0 Å². The van der Waals surface area contributed by atoms with E-state index in [0.717, 1.165) is 26.1 Å². The van der Waals surface area contributed by atoms with Gasteiger partial charge in [0.1, 0.15) is 11.6 Å². The first-order valence-electron chi connectivity index (χ1n) is 7.07. The predicted molar refractivity (Wildman–Crippen MR) is 74.8 cm³/mol. The molecular weight excluding hydrogens is 243 g/mol. The summed E-state index contributed by atoms with van der Waals surface area (Å²) in [6, 6.07) is 4.48. The van der Waals surface area contributed by atoms with Gasteiger partial charge in [0.05, 0.1) is 0 Å². The van der Waals surface area contributed by atoms with Crippen LogP contribution in [0.25, 0.3) is 0 Å². The summed E-state index contributed by atoms with van der Waals surface area (Å²) in [7, 11) is 0. The van der Waals surface area contributed by atoms with E-state index in [0.29, 0.717) is 11.6 Å². The number of nitrogens with one attached hydrogen (secondary N) is 1. The van der Waals surface area contributed by atoms with Gasteiger partial charge in [-0.2, -0.15) is 0 Å². The van der Waals surface area contributed by atoms with Gasteiger partial charge < -0.3 is 15.3 Å². The van der Waals surface area contributed by atoms with Crippen LogP contribution in [0.3, 0.4) is 0 Å². The molecule has 1 aromatic rings. The zero-order chi connectivity index (χ0) is 13.8. The van der Waals surface area contributed by atoms with E-state index in [1.165, 1.54) is 24.6 Å². The topological polar surface area (TPSA) is 35.5 Å². The van der Waals surface area contributed by atoms with Gasteiger partial charge in [0.15, 0.2) is 0 Å². The second-order valence-electron chi connectivity index (χ2n) is 5.32. The summed E-state index contributed by atoms with van der Waals surface area (Å²) in [6.07, 6.45) is 2.32. The Hall–Kier alpha value is -1.13. The second-order valence-corrected chi connectivity index (χ2v) is 5.32. The van der Waals surface area contributed by atoms with Crippen molar-refractivity contribution in [3.05, 3.63) is 29.6 Å². The van der Waals surface area contributed by atoms with Crippen molar-refractivity contribution in [3.8, 4) is 5.75 Å². The van der Waals surface area contributed by atoms with Crippen LogP contribution in [0, 0.1) is 5.82 Å².